The first kappa shape index (κ1) is 21.5. The van der Waals surface area contributed by atoms with Gasteiger partial charge in [0.15, 0.2) is 5.78 Å². The number of hydrogen-bond donors (Lipinski definition) is 1. The molecule has 1 heterocycles. The molecule has 1 N–H and O–H groups in total. The Balaban J connectivity index is 1.41. The molecule has 0 unspecified atom stereocenters. The van der Waals surface area contributed by atoms with E-state index in [9.17, 15) is 14.4 Å². The molecule has 0 spiro atoms. The van der Waals surface area contributed by atoms with Crippen molar-refractivity contribution in [2.45, 2.75) is 19.9 Å². The summed E-state index contributed by atoms with van der Waals surface area (Å²) in [4.78, 5) is 39.7. The van der Waals surface area contributed by atoms with Crippen molar-refractivity contribution in [3.05, 3.63) is 65.7 Å². The minimum Gasteiger partial charge on any atom is -0.447 e. The zero-order valence-electron chi connectivity index (χ0n) is 17.2. The number of anilines is 1. The minimum atomic E-state index is -0.585. The van der Waals surface area contributed by atoms with Crippen LogP contribution in [0.3, 0.4) is 0 Å². The molecule has 0 atom stereocenters. The average Bonchev–Trinajstić information content (AvgIpc) is 2.91. The van der Waals surface area contributed by atoms with E-state index in [1.165, 1.54) is 12.5 Å². The molecule has 1 fully saturated rings. The van der Waals surface area contributed by atoms with Crippen LogP contribution in [-0.2, 0) is 16.1 Å². The van der Waals surface area contributed by atoms with Crippen LogP contribution in [0, 0.1) is 0 Å². The summed E-state index contributed by atoms with van der Waals surface area (Å²) in [5, 5.41) is 2.62. The fourth-order valence-corrected chi connectivity index (χ4v) is 3.34. The number of nitrogens with one attached hydrogen (secondary N) is 1. The van der Waals surface area contributed by atoms with Crippen LogP contribution >= 0.6 is 0 Å². The van der Waals surface area contributed by atoms with E-state index in [1.54, 1.807) is 29.2 Å². The summed E-state index contributed by atoms with van der Waals surface area (Å²) in [6.45, 7) is 4.93. The molecule has 2 aromatic rings. The van der Waals surface area contributed by atoms with Gasteiger partial charge in [-0.3, -0.25) is 19.8 Å². The average molecular weight is 409 g/mol. The number of rotatable bonds is 7. The second kappa shape index (κ2) is 10.5. The third-order valence-corrected chi connectivity index (χ3v) is 5.06. The van der Waals surface area contributed by atoms with E-state index in [0.717, 1.165) is 19.6 Å². The van der Waals surface area contributed by atoms with Gasteiger partial charge in [0.05, 0.1) is 6.54 Å². The predicted molar refractivity (Wildman–Crippen MR) is 114 cm³/mol. The highest BCUT2D eigenvalue weighted by Gasteiger charge is 2.21. The number of carbonyl (C=O) groups is 3. The van der Waals surface area contributed by atoms with Gasteiger partial charge in [0.2, 0.25) is 5.91 Å². The Bertz CT molecular complexity index is 868. The highest BCUT2D eigenvalue weighted by molar-refractivity contribution is 5.94. The molecule has 3 rings (SSSR count). The summed E-state index contributed by atoms with van der Waals surface area (Å²) < 4.78 is 5.21. The molecule has 30 heavy (non-hydrogen) atoms. The van der Waals surface area contributed by atoms with E-state index in [0.29, 0.717) is 30.8 Å². The highest BCUT2D eigenvalue weighted by Crippen LogP contribution is 2.11. The number of ketones is 1. The Hall–Kier alpha value is -3.19. The van der Waals surface area contributed by atoms with Crippen molar-refractivity contribution in [1.82, 2.24) is 9.80 Å². The third-order valence-electron chi connectivity index (χ3n) is 5.06. The van der Waals surface area contributed by atoms with Gasteiger partial charge in [-0.2, -0.15) is 0 Å². The van der Waals surface area contributed by atoms with Gasteiger partial charge < -0.3 is 9.64 Å². The molecule has 0 bridgehead atoms. The summed E-state index contributed by atoms with van der Waals surface area (Å²) in [7, 11) is 0. The zero-order valence-corrected chi connectivity index (χ0v) is 17.2. The lowest BCUT2D eigenvalue weighted by molar-refractivity contribution is -0.130. The lowest BCUT2D eigenvalue weighted by Crippen LogP contribution is -2.36. The maximum Gasteiger partial charge on any atom is 0.411 e. The van der Waals surface area contributed by atoms with Gasteiger partial charge in [0.1, 0.15) is 6.61 Å². The summed E-state index contributed by atoms with van der Waals surface area (Å²) in [6, 6.07) is 16.8. The highest BCUT2D eigenvalue weighted by atomic mass is 16.5. The summed E-state index contributed by atoms with van der Waals surface area (Å²) in [5.74, 6) is 0.0444. The predicted octanol–water partition coefficient (Wildman–Crippen LogP) is 3.17. The molecule has 0 radical (unpaired) electrons. The lowest BCUT2D eigenvalue weighted by atomic mass is 10.1. The van der Waals surface area contributed by atoms with Crippen LogP contribution in [-0.4, -0.2) is 60.4 Å². The van der Waals surface area contributed by atoms with E-state index in [4.69, 9.17) is 4.74 Å². The first-order valence-corrected chi connectivity index (χ1v) is 10.1. The zero-order chi connectivity index (χ0) is 21.3. The van der Waals surface area contributed by atoms with E-state index >= 15 is 0 Å². The summed E-state index contributed by atoms with van der Waals surface area (Å²) in [5.41, 5.74) is 2.36. The first-order chi connectivity index (χ1) is 14.5. The number of benzene rings is 2. The van der Waals surface area contributed by atoms with Gasteiger partial charge in [-0.15, -0.1) is 0 Å². The van der Waals surface area contributed by atoms with Crippen molar-refractivity contribution in [3.63, 3.8) is 0 Å². The minimum absolute atomic E-state index is 0.0337. The largest absolute Gasteiger partial charge is 0.447 e. The molecule has 158 valence electrons. The van der Waals surface area contributed by atoms with Gasteiger partial charge >= 0.3 is 6.09 Å². The normalized spacial score (nSPS) is 14.8. The van der Waals surface area contributed by atoms with Gasteiger partial charge in [-0.05, 0) is 36.8 Å². The molecule has 7 heteroatoms. The molecule has 0 aromatic heterocycles. The Kier molecular flexibility index (Phi) is 7.57. The van der Waals surface area contributed by atoms with E-state index in [1.807, 2.05) is 18.2 Å². The van der Waals surface area contributed by atoms with Gasteiger partial charge in [-0.25, -0.2) is 4.79 Å². The van der Waals surface area contributed by atoms with Crippen LogP contribution in [0.1, 0.15) is 29.3 Å². The van der Waals surface area contributed by atoms with Crippen LogP contribution in [0.15, 0.2) is 54.6 Å². The molecule has 1 saturated heterocycles. The van der Waals surface area contributed by atoms with Crippen molar-refractivity contribution >= 4 is 23.5 Å². The van der Waals surface area contributed by atoms with Crippen molar-refractivity contribution in [2.24, 2.45) is 0 Å². The molecule has 2 amide bonds. The van der Waals surface area contributed by atoms with Crippen LogP contribution in [0.25, 0.3) is 0 Å². The maximum absolute atomic E-state index is 12.4. The number of hydrogen-bond acceptors (Lipinski definition) is 5. The second-order valence-electron chi connectivity index (χ2n) is 7.29. The number of Topliss-reactive ketones (excluding diaryl/α,β-unsaturated/α-hetero) is 1. The van der Waals surface area contributed by atoms with Crippen molar-refractivity contribution < 1.29 is 19.1 Å². The molecule has 2 aromatic carbocycles. The van der Waals surface area contributed by atoms with Crippen molar-refractivity contribution in [2.75, 3.05) is 38.1 Å². The van der Waals surface area contributed by atoms with Crippen LogP contribution < -0.4 is 5.32 Å². The van der Waals surface area contributed by atoms with E-state index in [-0.39, 0.29) is 18.3 Å². The Morgan fingerprint density at radius 3 is 2.43 bits per heavy atom. The SMILES string of the molecule is CC(=O)c1ccc(NC(=O)OCCN2CCN(Cc3ccccc3)CCC2=O)cc1. The maximum atomic E-state index is 12.4. The van der Waals surface area contributed by atoms with Gasteiger partial charge in [0.25, 0.3) is 0 Å². The van der Waals surface area contributed by atoms with Gasteiger partial charge in [0, 0.05) is 43.9 Å². The monoisotopic (exact) mass is 409 g/mol. The standard InChI is InChI=1S/C23H27N3O4/c1-18(27)20-7-9-21(10-8-20)24-23(29)30-16-15-26-14-13-25(12-11-22(26)28)17-19-5-3-2-4-6-19/h2-10H,11-17H2,1H3,(H,24,29). The molecular weight excluding hydrogens is 382 g/mol. The number of amides is 2. The van der Waals surface area contributed by atoms with Gasteiger partial charge in [-0.1, -0.05) is 30.3 Å². The van der Waals surface area contributed by atoms with E-state index < -0.39 is 6.09 Å². The summed E-state index contributed by atoms with van der Waals surface area (Å²) in [6.07, 6.45) is -0.125. The number of carbonyl (C=O) groups excluding carboxylic acids is 3. The molecular formula is C23H27N3O4. The Morgan fingerprint density at radius 1 is 1.00 bits per heavy atom. The number of ether oxygens (including phenoxy) is 1. The number of nitrogens with zero attached hydrogens (tertiary/aromatic N) is 2. The van der Waals surface area contributed by atoms with Crippen molar-refractivity contribution in [1.29, 1.82) is 0 Å². The van der Waals surface area contributed by atoms with Crippen LogP contribution in [0.4, 0.5) is 10.5 Å². The molecule has 0 saturated carbocycles. The van der Waals surface area contributed by atoms with Crippen LogP contribution in [0.2, 0.25) is 0 Å². The molecule has 0 aliphatic carbocycles. The molecule has 1 aliphatic heterocycles. The third kappa shape index (κ3) is 6.42. The fourth-order valence-electron chi connectivity index (χ4n) is 3.34. The second-order valence-corrected chi connectivity index (χ2v) is 7.29. The van der Waals surface area contributed by atoms with Crippen LogP contribution in [0.5, 0.6) is 0 Å². The van der Waals surface area contributed by atoms with Crippen molar-refractivity contribution in [3.8, 4) is 0 Å². The van der Waals surface area contributed by atoms with E-state index in [2.05, 4.69) is 22.3 Å². The lowest BCUT2D eigenvalue weighted by Gasteiger charge is -2.22. The first-order valence-electron chi connectivity index (χ1n) is 10.1. The summed E-state index contributed by atoms with van der Waals surface area (Å²) >= 11 is 0. The quantitative estimate of drug-likeness (QED) is 0.711. The Labute approximate surface area is 176 Å². The molecule has 1 aliphatic rings. The molecule has 7 nitrogen and oxygen atoms in total. The topological polar surface area (TPSA) is 79.0 Å². The fraction of sp³-hybridized carbons (Fsp3) is 0.348. The smallest absolute Gasteiger partial charge is 0.411 e. The Morgan fingerprint density at radius 2 is 1.73 bits per heavy atom.